The van der Waals surface area contributed by atoms with Crippen molar-refractivity contribution in [3.05, 3.63) is 33.9 Å². The highest BCUT2D eigenvalue weighted by atomic mass is 16.6. The number of likely N-dealkylation sites (tertiary alicyclic amines) is 1. The highest BCUT2D eigenvalue weighted by Gasteiger charge is 2.21. The molecule has 110 valence electrons. The van der Waals surface area contributed by atoms with Crippen molar-refractivity contribution >= 4 is 11.4 Å². The number of piperidine rings is 1. The van der Waals surface area contributed by atoms with Crippen molar-refractivity contribution in [1.29, 1.82) is 0 Å². The first-order chi connectivity index (χ1) is 9.60. The molecule has 1 aliphatic heterocycles. The van der Waals surface area contributed by atoms with E-state index >= 15 is 0 Å². The van der Waals surface area contributed by atoms with Gasteiger partial charge < -0.3 is 10.2 Å². The van der Waals surface area contributed by atoms with Crippen LogP contribution in [-0.4, -0.2) is 35.5 Å². The molecule has 0 saturated carbocycles. The van der Waals surface area contributed by atoms with E-state index in [1.807, 2.05) is 13.0 Å². The lowest BCUT2D eigenvalue weighted by Crippen LogP contribution is -2.39. The van der Waals surface area contributed by atoms with Gasteiger partial charge in [0.25, 0.3) is 5.69 Å². The molecule has 0 atom stereocenters. The molecule has 1 aromatic carbocycles. The Morgan fingerprint density at radius 2 is 2.10 bits per heavy atom. The fourth-order valence-electron chi connectivity index (χ4n) is 2.76. The molecule has 0 aliphatic carbocycles. The summed E-state index contributed by atoms with van der Waals surface area (Å²) in [5.74, 6) is 0. The average molecular weight is 277 g/mol. The number of hydrogen-bond acceptors (Lipinski definition) is 4. The molecule has 1 saturated heterocycles. The van der Waals surface area contributed by atoms with Gasteiger partial charge in [-0.1, -0.05) is 13.0 Å². The summed E-state index contributed by atoms with van der Waals surface area (Å²) in [6, 6.07) is 5.58. The molecule has 5 heteroatoms. The normalized spacial score (nSPS) is 17.1. The standard InChI is InChI=1S/C15H23N3O2/c1-3-8-17-9-6-13(7-10-17)16-14-11-12(2)4-5-15(14)18(19)20/h4-5,11,13,16H,3,6-10H2,1-2H3. The Morgan fingerprint density at radius 3 is 2.70 bits per heavy atom. The second-order valence-corrected chi connectivity index (χ2v) is 5.54. The third-order valence-electron chi connectivity index (χ3n) is 3.84. The molecule has 1 aromatic rings. The summed E-state index contributed by atoms with van der Waals surface area (Å²) in [4.78, 5) is 13.2. The van der Waals surface area contributed by atoms with Crippen molar-refractivity contribution in [2.24, 2.45) is 0 Å². The summed E-state index contributed by atoms with van der Waals surface area (Å²) in [6.45, 7) is 7.45. The van der Waals surface area contributed by atoms with E-state index in [1.165, 1.54) is 6.42 Å². The third kappa shape index (κ3) is 3.70. The molecule has 0 unspecified atom stereocenters. The van der Waals surface area contributed by atoms with Crippen LogP contribution in [0.1, 0.15) is 31.7 Å². The minimum Gasteiger partial charge on any atom is -0.377 e. The van der Waals surface area contributed by atoms with Gasteiger partial charge in [-0.15, -0.1) is 0 Å². The lowest BCUT2D eigenvalue weighted by Gasteiger charge is -2.32. The summed E-state index contributed by atoms with van der Waals surface area (Å²) >= 11 is 0. The SMILES string of the molecule is CCCN1CCC(Nc2cc(C)ccc2[N+](=O)[O-])CC1. The second kappa shape index (κ2) is 6.70. The molecule has 1 heterocycles. The summed E-state index contributed by atoms with van der Waals surface area (Å²) in [5, 5.41) is 14.4. The molecule has 0 spiro atoms. The van der Waals surface area contributed by atoms with Crippen LogP contribution in [0.15, 0.2) is 18.2 Å². The van der Waals surface area contributed by atoms with E-state index in [0.29, 0.717) is 11.7 Å². The van der Waals surface area contributed by atoms with Crippen molar-refractivity contribution in [1.82, 2.24) is 4.90 Å². The predicted octanol–water partition coefficient (Wildman–Crippen LogP) is 3.19. The van der Waals surface area contributed by atoms with Gasteiger partial charge in [-0.3, -0.25) is 10.1 Å². The van der Waals surface area contributed by atoms with Gasteiger partial charge >= 0.3 is 0 Å². The maximum atomic E-state index is 11.1. The summed E-state index contributed by atoms with van der Waals surface area (Å²) in [6.07, 6.45) is 3.28. The Balaban J connectivity index is 2.00. The van der Waals surface area contributed by atoms with Gasteiger partial charge in [0.1, 0.15) is 5.69 Å². The van der Waals surface area contributed by atoms with Gasteiger partial charge in [0.15, 0.2) is 0 Å². The number of hydrogen-bond donors (Lipinski definition) is 1. The van der Waals surface area contributed by atoms with E-state index in [9.17, 15) is 10.1 Å². The van der Waals surface area contributed by atoms with Crippen molar-refractivity contribution < 1.29 is 4.92 Å². The van der Waals surface area contributed by atoms with Crippen LogP contribution in [0.4, 0.5) is 11.4 Å². The van der Waals surface area contributed by atoms with Crippen molar-refractivity contribution in [3.63, 3.8) is 0 Å². The molecule has 1 fully saturated rings. The van der Waals surface area contributed by atoms with Gasteiger partial charge in [-0.25, -0.2) is 0 Å². The molecule has 0 radical (unpaired) electrons. The van der Waals surface area contributed by atoms with Gasteiger partial charge in [0, 0.05) is 25.2 Å². The first kappa shape index (κ1) is 14.8. The smallest absolute Gasteiger partial charge is 0.292 e. The van der Waals surface area contributed by atoms with Gasteiger partial charge in [-0.2, -0.15) is 0 Å². The Labute approximate surface area is 120 Å². The van der Waals surface area contributed by atoms with Crippen LogP contribution in [0.5, 0.6) is 0 Å². The van der Waals surface area contributed by atoms with E-state index in [0.717, 1.165) is 38.0 Å². The van der Waals surface area contributed by atoms with Crippen molar-refractivity contribution in [3.8, 4) is 0 Å². The number of nitrogens with one attached hydrogen (secondary N) is 1. The zero-order valence-electron chi connectivity index (χ0n) is 12.3. The molecule has 5 nitrogen and oxygen atoms in total. The maximum Gasteiger partial charge on any atom is 0.292 e. The quantitative estimate of drug-likeness (QED) is 0.663. The highest BCUT2D eigenvalue weighted by Crippen LogP contribution is 2.27. The van der Waals surface area contributed by atoms with Gasteiger partial charge in [0.2, 0.25) is 0 Å². The molecule has 0 amide bonds. The first-order valence-corrected chi connectivity index (χ1v) is 7.34. The molecule has 1 N–H and O–H groups in total. The number of rotatable bonds is 5. The summed E-state index contributed by atoms with van der Waals surface area (Å²) in [5.41, 5.74) is 1.87. The lowest BCUT2D eigenvalue weighted by atomic mass is 10.0. The Kier molecular flexibility index (Phi) is 4.95. The van der Waals surface area contributed by atoms with E-state index in [-0.39, 0.29) is 10.6 Å². The number of nitrogens with zero attached hydrogens (tertiary/aromatic N) is 2. The number of aryl methyl sites for hydroxylation is 1. The zero-order chi connectivity index (χ0) is 14.5. The Bertz CT molecular complexity index is 468. The van der Waals surface area contributed by atoms with Crippen molar-refractivity contribution in [2.75, 3.05) is 25.0 Å². The van der Waals surface area contributed by atoms with E-state index in [1.54, 1.807) is 12.1 Å². The highest BCUT2D eigenvalue weighted by molar-refractivity contribution is 5.63. The molecule has 0 bridgehead atoms. The fourth-order valence-corrected chi connectivity index (χ4v) is 2.76. The minimum absolute atomic E-state index is 0.173. The van der Waals surface area contributed by atoms with Crippen LogP contribution in [-0.2, 0) is 0 Å². The van der Waals surface area contributed by atoms with Gasteiger partial charge in [-0.05, 0) is 44.4 Å². The number of benzene rings is 1. The molecule has 1 aliphatic rings. The van der Waals surface area contributed by atoms with Crippen LogP contribution >= 0.6 is 0 Å². The lowest BCUT2D eigenvalue weighted by molar-refractivity contribution is -0.384. The first-order valence-electron chi connectivity index (χ1n) is 7.34. The van der Waals surface area contributed by atoms with Crippen LogP contribution in [0, 0.1) is 17.0 Å². The molecule has 0 aromatic heterocycles. The number of nitro groups is 1. The number of nitro benzene ring substituents is 1. The van der Waals surface area contributed by atoms with Crippen LogP contribution in [0.25, 0.3) is 0 Å². The average Bonchev–Trinajstić information content (AvgIpc) is 2.41. The number of anilines is 1. The molecule has 20 heavy (non-hydrogen) atoms. The molecule has 2 rings (SSSR count). The third-order valence-corrected chi connectivity index (χ3v) is 3.84. The van der Waals surface area contributed by atoms with E-state index in [4.69, 9.17) is 0 Å². The fraction of sp³-hybridized carbons (Fsp3) is 0.600. The van der Waals surface area contributed by atoms with E-state index < -0.39 is 0 Å². The van der Waals surface area contributed by atoms with Crippen LogP contribution in [0.2, 0.25) is 0 Å². The summed E-state index contributed by atoms with van der Waals surface area (Å²) < 4.78 is 0. The topological polar surface area (TPSA) is 58.4 Å². The summed E-state index contributed by atoms with van der Waals surface area (Å²) in [7, 11) is 0. The zero-order valence-corrected chi connectivity index (χ0v) is 12.3. The van der Waals surface area contributed by atoms with Crippen LogP contribution in [0.3, 0.4) is 0 Å². The Morgan fingerprint density at radius 1 is 1.40 bits per heavy atom. The van der Waals surface area contributed by atoms with Crippen molar-refractivity contribution in [2.45, 2.75) is 39.2 Å². The van der Waals surface area contributed by atoms with E-state index in [2.05, 4.69) is 17.1 Å². The largest absolute Gasteiger partial charge is 0.377 e. The Hall–Kier alpha value is -1.62. The van der Waals surface area contributed by atoms with Gasteiger partial charge in [0.05, 0.1) is 4.92 Å². The monoisotopic (exact) mass is 277 g/mol. The minimum atomic E-state index is -0.312. The second-order valence-electron chi connectivity index (χ2n) is 5.54. The predicted molar refractivity (Wildman–Crippen MR) is 81.2 cm³/mol. The van der Waals surface area contributed by atoms with Crippen LogP contribution < -0.4 is 5.32 Å². The maximum absolute atomic E-state index is 11.1. The molecular formula is C15H23N3O2. The molecular weight excluding hydrogens is 254 g/mol.